The molecule has 0 spiro atoms. The molecule has 0 heterocycles. The van der Waals surface area contributed by atoms with E-state index in [1.165, 1.54) is 10.5 Å². The van der Waals surface area contributed by atoms with Crippen LogP contribution in [0.15, 0.2) is 29.2 Å². The van der Waals surface area contributed by atoms with Gasteiger partial charge in [-0.3, -0.25) is 4.79 Å². The maximum atomic E-state index is 11.1. The first-order valence-electron chi connectivity index (χ1n) is 5.38. The summed E-state index contributed by atoms with van der Waals surface area (Å²) in [5.41, 5.74) is 1.35. The zero-order valence-electron chi connectivity index (χ0n) is 9.62. The monoisotopic (exact) mass is 222 g/mol. The van der Waals surface area contributed by atoms with Crippen molar-refractivity contribution in [1.29, 1.82) is 0 Å². The largest absolute Gasteiger partial charge is 0.299 e. The maximum Gasteiger partial charge on any atom is 0.142 e. The van der Waals surface area contributed by atoms with Gasteiger partial charge in [-0.15, -0.1) is 11.8 Å². The molecule has 2 heteroatoms. The summed E-state index contributed by atoms with van der Waals surface area (Å²) in [7, 11) is 0. The van der Waals surface area contributed by atoms with Gasteiger partial charge in [0, 0.05) is 11.3 Å². The normalized spacial score (nSPS) is 10.7. The third kappa shape index (κ3) is 4.08. The number of benzene rings is 1. The van der Waals surface area contributed by atoms with Crippen LogP contribution in [0.4, 0.5) is 0 Å². The smallest absolute Gasteiger partial charge is 0.142 e. The Balaban J connectivity index is 2.53. The highest BCUT2D eigenvalue weighted by atomic mass is 32.2. The lowest BCUT2D eigenvalue weighted by Gasteiger charge is -2.06. The summed E-state index contributed by atoms with van der Waals surface area (Å²) in [5, 5.41) is 0. The second-order valence-electron chi connectivity index (χ2n) is 3.90. The van der Waals surface area contributed by atoms with Gasteiger partial charge < -0.3 is 0 Å². The molecule has 1 aromatic carbocycles. The molecule has 1 rings (SSSR count). The second-order valence-corrected chi connectivity index (χ2v) is 4.95. The molecule has 0 aliphatic carbocycles. The SMILES string of the molecule is CCC(=O)CSc1ccc(C(C)C)cc1. The summed E-state index contributed by atoms with van der Waals surface area (Å²) in [5.74, 6) is 1.48. The third-order valence-electron chi connectivity index (χ3n) is 2.34. The first kappa shape index (κ1) is 12.3. The Bertz CT molecular complexity index is 314. The van der Waals surface area contributed by atoms with E-state index in [0.29, 0.717) is 23.9 Å². The van der Waals surface area contributed by atoms with E-state index >= 15 is 0 Å². The van der Waals surface area contributed by atoms with E-state index in [1.54, 1.807) is 11.8 Å². The zero-order chi connectivity index (χ0) is 11.3. The van der Waals surface area contributed by atoms with E-state index in [4.69, 9.17) is 0 Å². The fraction of sp³-hybridized carbons (Fsp3) is 0.462. The summed E-state index contributed by atoms with van der Waals surface area (Å²) in [6.45, 7) is 6.27. The summed E-state index contributed by atoms with van der Waals surface area (Å²) in [6, 6.07) is 8.48. The van der Waals surface area contributed by atoms with Crippen LogP contribution in [0.1, 0.15) is 38.7 Å². The Morgan fingerprint density at radius 3 is 2.33 bits per heavy atom. The van der Waals surface area contributed by atoms with Gasteiger partial charge in [0.05, 0.1) is 5.75 Å². The highest BCUT2D eigenvalue weighted by Crippen LogP contribution is 2.21. The molecule has 0 aliphatic heterocycles. The molecule has 0 bridgehead atoms. The van der Waals surface area contributed by atoms with Gasteiger partial charge in [0.15, 0.2) is 0 Å². The lowest BCUT2D eigenvalue weighted by molar-refractivity contribution is -0.116. The quantitative estimate of drug-likeness (QED) is 0.703. The summed E-state index contributed by atoms with van der Waals surface area (Å²) in [6.07, 6.45) is 0.636. The molecule has 0 radical (unpaired) electrons. The summed E-state index contributed by atoms with van der Waals surface area (Å²) < 4.78 is 0. The molecule has 0 fully saturated rings. The molecule has 82 valence electrons. The molecule has 0 saturated carbocycles. The van der Waals surface area contributed by atoms with Gasteiger partial charge in [0.25, 0.3) is 0 Å². The van der Waals surface area contributed by atoms with Gasteiger partial charge in [0.2, 0.25) is 0 Å². The first-order valence-corrected chi connectivity index (χ1v) is 6.36. The van der Waals surface area contributed by atoms with Crippen LogP contribution in [0.25, 0.3) is 0 Å². The molecule has 0 saturated heterocycles. The number of Topliss-reactive ketones (excluding diaryl/α,β-unsaturated/α-hetero) is 1. The van der Waals surface area contributed by atoms with E-state index in [0.717, 1.165) is 0 Å². The van der Waals surface area contributed by atoms with E-state index in [-0.39, 0.29) is 0 Å². The van der Waals surface area contributed by atoms with Crippen molar-refractivity contribution in [3.63, 3.8) is 0 Å². The second kappa shape index (κ2) is 5.96. The Morgan fingerprint density at radius 2 is 1.87 bits per heavy atom. The van der Waals surface area contributed by atoms with Crippen molar-refractivity contribution in [1.82, 2.24) is 0 Å². The molecule has 1 nitrogen and oxygen atoms in total. The maximum absolute atomic E-state index is 11.1. The Hall–Kier alpha value is -0.760. The summed E-state index contributed by atoms with van der Waals surface area (Å²) >= 11 is 1.62. The molecule has 0 N–H and O–H groups in total. The topological polar surface area (TPSA) is 17.1 Å². The molecular weight excluding hydrogens is 204 g/mol. The van der Waals surface area contributed by atoms with Crippen molar-refractivity contribution in [2.45, 2.75) is 38.0 Å². The van der Waals surface area contributed by atoms with Crippen molar-refractivity contribution in [3.05, 3.63) is 29.8 Å². The molecule has 0 unspecified atom stereocenters. The predicted molar refractivity (Wildman–Crippen MR) is 66.6 cm³/mol. The fourth-order valence-corrected chi connectivity index (χ4v) is 2.08. The Labute approximate surface area is 96.3 Å². The van der Waals surface area contributed by atoms with Crippen molar-refractivity contribution >= 4 is 17.5 Å². The minimum Gasteiger partial charge on any atom is -0.299 e. The Morgan fingerprint density at radius 1 is 1.27 bits per heavy atom. The van der Waals surface area contributed by atoms with E-state index in [1.807, 2.05) is 6.92 Å². The first-order chi connectivity index (χ1) is 7.13. The number of carbonyl (C=O) groups is 1. The minimum atomic E-state index is 0.313. The minimum absolute atomic E-state index is 0.313. The number of hydrogen-bond acceptors (Lipinski definition) is 2. The number of thioether (sulfide) groups is 1. The van der Waals surface area contributed by atoms with Crippen LogP contribution >= 0.6 is 11.8 Å². The highest BCUT2D eigenvalue weighted by Gasteiger charge is 2.02. The highest BCUT2D eigenvalue weighted by molar-refractivity contribution is 8.00. The average molecular weight is 222 g/mol. The van der Waals surface area contributed by atoms with Gasteiger partial charge in [-0.05, 0) is 23.6 Å². The number of rotatable bonds is 5. The molecule has 0 aromatic heterocycles. The molecule has 0 amide bonds. The molecule has 1 aromatic rings. The standard InChI is InChI=1S/C13H18OS/c1-4-12(14)9-15-13-7-5-11(6-8-13)10(2)3/h5-8,10H,4,9H2,1-3H3. The van der Waals surface area contributed by atoms with Crippen LogP contribution in [-0.4, -0.2) is 11.5 Å². The van der Waals surface area contributed by atoms with Crippen molar-refractivity contribution in [2.24, 2.45) is 0 Å². The van der Waals surface area contributed by atoms with Crippen molar-refractivity contribution in [2.75, 3.05) is 5.75 Å². The van der Waals surface area contributed by atoms with Crippen LogP contribution < -0.4 is 0 Å². The van der Waals surface area contributed by atoms with Crippen LogP contribution in [-0.2, 0) is 4.79 Å². The van der Waals surface area contributed by atoms with Crippen LogP contribution in [0.2, 0.25) is 0 Å². The van der Waals surface area contributed by atoms with Crippen LogP contribution in [0.3, 0.4) is 0 Å². The predicted octanol–water partition coefficient (Wildman–Crippen LogP) is 3.88. The molecule has 0 atom stereocenters. The van der Waals surface area contributed by atoms with Crippen LogP contribution in [0, 0.1) is 0 Å². The van der Waals surface area contributed by atoms with Gasteiger partial charge in [-0.25, -0.2) is 0 Å². The zero-order valence-corrected chi connectivity index (χ0v) is 10.4. The molecule has 0 aliphatic rings. The third-order valence-corrected chi connectivity index (χ3v) is 3.41. The molecule has 15 heavy (non-hydrogen) atoms. The van der Waals surface area contributed by atoms with E-state index in [2.05, 4.69) is 38.1 Å². The van der Waals surface area contributed by atoms with Gasteiger partial charge in [-0.1, -0.05) is 32.9 Å². The van der Waals surface area contributed by atoms with Gasteiger partial charge in [0.1, 0.15) is 5.78 Å². The van der Waals surface area contributed by atoms with Crippen molar-refractivity contribution in [3.8, 4) is 0 Å². The lowest BCUT2D eigenvalue weighted by Crippen LogP contribution is -1.97. The van der Waals surface area contributed by atoms with Crippen molar-refractivity contribution < 1.29 is 4.79 Å². The fourth-order valence-electron chi connectivity index (χ4n) is 1.21. The number of hydrogen-bond donors (Lipinski definition) is 0. The van der Waals surface area contributed by atoms with E-state index < -0.39 is 0 Å². The molecular formula is C13H18OS. The van der Waals surface area contributed by atoms with Gasteiger partial charge in [-0.2, -0.15) is 0 Å². The lowest BCUT2D eigenvalue weighted by atomic mass is 10.0. The van der Waals surface area contributed by atoms with E-state index in [9.17, 15) is 4.79 Å². The van der Waals surface area contributed by atoms with Gasteiger partial charge >= 0.3 is 0 Å². The average Bonchev–Trinajstić information content (AvgIpc) is 2.26. The Kier molecular flexibility index (Phi) is 4.89. The number of ketones is 1. The summed E-state index contributed by atoms with van der Waals surface area (Å²) in [4.78, 5) is 12.3. The number of carbonyl (C=O) groups excluding carboxylic acids is 1. The van der Waals surface area contributed by atoms with Crippen LogP contribution in [0.5, 0.6) is 0 Å².